The highest BCUT2D eigenvalue weighted by atomic mass is 32.2. The Kier molecular flexibility index (Phi) is 5.93. The Morgan fingerprint density at radius 2 is 2.00 bits per heavy atom. The van der Waals surface area contributed by atoms with E-state index >= 15 is 0 Å². The standard InChI is InChI=1S/C20H19N3O3S/c1-3-12-21-18(24)13-27-20-22-17-7-5-4-6-16(17)19(25)23(20)14-8-10-15(26-2)11-9-14/h3-11H,1,12-13H2,2H3,(H,21,24). The number of carbonyl (C=O) groups excluding carboxylic acids is 1. The van der Waals surface area contributed by atoms with Gasteiger partial charge in [0.2, 0.25) is 5.91 Å². The van der Waals surface area contributed by atoms with E-state index < -0.39 is 0 Å². The number of ether oxygens (including phenoxy) is 1. The number of hydrogen-bond acceptors (Lipinski definition) is 5. The van der Waals surface area contributed by atoms with E-state index in [1.165, 1.54) is 16.3 Å². The largest absolute Gasteiger partial charge is 0.497 e. The van der Waals surface area contributed by atoms with E-state index in [1.54, 1.807) is 55.7 Å². The first-order chi connectivity index (χ1) is 13.1. The summed E-state index contributed by atoms with van der Waals surface area (Å²) < 4.78 is 6.70. The Labute approximate surface area is 160 Å². The summed E-state index contributed by atoms with van der Waals surface area (Å²) in [5.74, 6) is 0.691. The lowest BCUT2D eigenvalue weighted by atomic mass is 10.2. The second kappa shape index (κ2) is 8.55. The summed E-state index contributed by atoms with van der Waals surface area (Å²) in [6.45, 7) is 3.97. The molecule has 1 aromatic heterocycles. The summed E-state index contributed by atoms with van der Waals surface area (Å²) in [5, 5.41) is 3.70. The van der Waals surface area contributed by atoms with Crippen LogP contribution in [0.3, 0.4) is 0 Å². The van der Waals surface area contributed by atoms with Crippen molar-refractivity contribution in [2.45, 2.75) is 5.16 Å². The van der Waals surface area contributed by atoms with Crippen molar-refractivity contribution in [2.75, 3.05) is 19.4 Å². The highest BCUT2D eigenvalue weighted by molar-refractivity contribution is 7.99. The monoisotopic (exact) mass is 381 g/mol. The molecule has 0 radical (unpaired) electrons. The van der Waals surface area contributed by atoms with Gasteiger partial charge in [-0.3, -0.25) is 14.2 Å². The van der Waals surface area contributed by atoms with Crippen LogP contribution in [0.4, 0.5) is 0 Å². The van der Waals surface area contributed by atoms with E-state index in [0.29, 0.717) is 34.0 Å². The fraction of sp³-hybridized carbons (Fsp3) is 0.150. The number of methoxy groups -OCH3 is 1. The number of nitrogens with zero attached hydrogens (tertiary/aromatic N) is 2. The van der Waals surface area contributed by atoms with Gasteiger partial charge in [0.25, 0.3) is 5.56 Å². The van der Waals surface area contributed by atoms with E-state index in [2.05, 4.69) is 16.9 Å². The van der Waals surface area contributed by atoms with Gasteiger partial charge in [0.05, 0.1) is 29.5 Å². The molecule has 1 amide bonds. The molecule has 6 nitrogen and oxygen atoms in total. The van der Waals surface area contributed by atoms with Gasteiger partial charge in [0.15, 0.2) is 5.16 Å². The minimum atomic E-state index is -0.181. The normalized spacial score (nSPS) is 10.6. The number of benzene rings is 2. The van der Waals surface area contributed by atoms with E-state index in [1.807, 2.05) is 6.07 Å². The molecular formula is C20H19N3O3S. The van der Waals surface area contributed by atoms with E-state index in [-0.39, 0.29) is 17.2 Å². The molecule has 0 aliphatic carbocycles. The smallest absolute Gasteiger partial charge is 0.266 e. The number of nitrogens with one attached hydrogen (secondary N) is 1. The number of rotatable bonds is 7. The minimum absolute atomic E-state index is 0.148. The first kappa shape index (κ1) is 18.7. The maximum atomic E-state index is 13.1. The van der Waals surface area contributed by atoms with Crippen LogP contribution in [0.5, 0.6) is 5.75 Å². The highest BCUT2D eigenvalue weighted by Crippen LogP contribution is 2.22. The maximum absolute atomic E-state index is 13.1. The quantitative estimate of drug-likeness (QED) is 0.387. The highest BCUT2D eigenvalue weighted by Gasteiger charge is 2.14. The molecule has 0 bridgehead atoms. The molecule has 0 saturated carbocycles. The molecule has 0 aliphatic heterocycles. The van der Waals surface area contributed by atoms with Crippen LogP contribution in [-0.4, -0.2) is 34.9 Å². The third-order valence-corrected chi connectivity index (χ3v) is 4.79. The molecule has 1 heterocycles. The van der Waals surface area contributed by atoms with Crippen LogP contribution < -0.4 is 15.6 Å². The molecule has 0 spiro atoms. The molecule has 138 valence electrons. The molecule has 0 fully saturated rings. The van der Waals surface area contributed by atoms with Crippen LogP contribution in [0.25, 0.3) is 16.6 Å². The van der Waals surface area contributed by atoms with Gasteiger partial charge in [-0.1, -0.05) is 30.0 Å². The Bertz CT molecular complexity index is 1030. The number of thioether (sulfide) groups is 1. The van der Waals surface area contributed by atoms with Crippen molar-refractivity contribution < 1.29 is 9.53 Å². The van der Waals surface area contributed by atoms with E-state index in [4.69, 9.17) is 4.74 Å². The second-order valence-corrected chi connectivity index (χ2v) is 6.57. The molecule has 0 unspecified atom stereocenters. The number of hydrogen-bond donors (Lipinski definition) is 1. The third-order valence-electron chi connectivity index (χ3n) is 3.85. The fourth-order valence-corrected chi connectivity index (χ4v) is 3.38. The zero-order valence-electron chi connectivity index (χ0n) is 14.8. The molecule has 27 heavy (non-hydrogen) atoms. The van der Waals surface area contributed by atoms with Crippen molar-refractivity contribution in [3.05, 3.63) is 71.5 Å². The Balaban J connectivity index is 2.05. The van der Waals surface area contributed by atoms with Gasteiger partial charge in [-0.2, -0.15) is 0 Å². The predicted molar refractivity (Wildman–Crippen MR) is 108 cm³/mol. The third kappa shape index (κ3) is 4.20. The second-order valence-electron chi connectivity index (χ2n) is 5.63. The van der Waals surface area contributed by atoms with Crippen molar-refractivity contribution >= 4 is 28.6 Å². The van der Waals surface area contributed by atoms with Crippen molar-refractivity contribution in [1.82, 2.24) is 14.9 Å². The van der Waals surface area contributed by atoms with Gasteiger partial charge in [0.1, 0.15) is 5.75 Å². The average molecular weight is 381 g/mol. The first-order valence-electron chi connectivity index (χ1n) is 8.30. The summed E-state index contributed by atoms with van der Waals surface area (Å²) in [6, 6.07) is 14.3. The van der Waals surface area contributed by atoms with Gasteiger partial charge in [-0.25, -0.2) is 4.98 Å². The Morgan fingerprint density at radius 3 is 2.70 bits per heavy atom. The zero-order chi connectivity index (χ0) is 19.2. The molecule has 0 aliphatic rings. The molecule has 7 heteroatoms. The zero-order valence-corrected chi connectivity index (χ0v) is 15.7. The summed E-state index contributed by atoms with van der Waals surface area (Å²) in [7, 11) is 1.59. The van der Waals surface area contributed by atoms with Crippen molar-refractivity contribution in [3.63, 3.8) is 0 Å². The lowest BCUT2D eigenvalue weighted by molar-refractivity contribution is -0.118. The molecule has 2 aromatic carbocycles. The van der Waals surface area contributed by atoms with Crippen molar-refractivity contribution in [1.29, 1.82) is 0 Å². The van der Waals surface area contributed by atoms with Gasteiger partial charge in [-0.05, 0) is 36.4 Å². The van der Waals surface area contributed by atoms with Gasteiger partial charge < -0.3 is 10.1 Å². The minimum Gasteiger partial charge on any atom is -0.497 e. The van der Waals surface area contributed by atoms with Crippen LogP contribution in [0.15, 0.2) is 71.1 Å². The van der Waals surface area contributed by atoms with Crippen LogP contribution in [0.1, 0.15) is 0 Å². The number of para-hydroxylation sites is 1. The molecule has 3 rings (SSSR count). The summed E-state index contributed by atoms with van der Waals surface area (Å²) in [5.41, 5.74) is 1.08. The number of carbonyl (C=O) groups is 1. The first-order valence-corrected chi connectivity index (χ1v) is 9.29. The van der Waals surface area contributed by atoms with Crippen LogP contribution >= 0.6 is 11.8 Å². The summed E-state index contributed by atoms with van der Waals surface area (Å²) in [6.07, 6.45) is 1.62. The molecule has 1 N–H and O–H groups in total. The van der Waals surface area contributed by atoms with Gasteiger partial charge >= 0.3 is 0 Å². The number of aromatic nitrogens is 2. The molecule has 3 aromatic rings. The average Bonchev–Trinajstić information content (AvgIpc) is 2.71. The van der Waals surface area contributed by atoms with E-state index in [9.17, 15) is 9.59 Å². The van der Waals surface area contributed by atoms with Crippen molar-refractivity contribution in [2.24, 2.45) is 0 Å². The maximum Gasteiger partial charge on any atom is 0.266 e. The number of fused-ring (bicyclic) bond motifs is 1. The van der Waals surface area contributed by atoms with Crippen LogP contribution in [-0.2, 0) is 4.79 Å². The predicted octanol–water partition coefficient (Wildman–Crippen LogP) is 2.79. The topological polar surface area (TPSA) is 73.2 Å². The summed E-state index contributed by atoms with van der Waals surface area (Å²) in [4.78, 5) is 29.6. The molecular weight excluding hydrogens is 362 g/mol. The molecule has 0 atom stereocenters. The Hall–Kier alpha value is -3.06. The van der Waals surface area contributed by atoms with E-state index in [0.717, 1.165) is 0 Å². The van der Waals surface area contributed by atoms with Gasteiger partial charge in [-0.15, -0.1) is 6.58 Å². The lowest BCUT2D eigenvalue weighted by Crippen LogP contribution is -2.26. The molecule has 0 saturated heterocycles. The number of amides is 1. The summed E-state index contributed by atoms with van der Waals surface area (Å²) >= 11 is 1.21. The lowest BCUT2D eigenvalue weighted by Gasteiger charge is -2.13. The van der Waals surface area contributed by atoms with Gasteiger partial charge in [0, 0.05) is 6.54 Å². The SMILES string of the molecule is C=CCNC(=O)CSc1nc2ccccc2c(=O)n1-c1ccc(OC)cc1. The van der Waals surface area contributed by atoms with Crippen molar-refractivity contribution in [3.8, 4) is 11.4 Å². The fourth-order valence-electron chi connectivity index (χ4n) is 2.54. The van der Waals surface area contributed by atoms with Crippen LogP contribution in [0, 0.1) is 0 Å². The van der Waals surface area contributed by atoms with Crippen LogP contribution in [0.2, 0.25) is 0 Å². The Morgan fingerprint density at radius 1 is 1.26 bits per heavy atom.